The molecular weight excluding hydrogens is 132 g/mol. The summed E-state index contributed by atoms with van der Waals surface area (Å²) in [6, 6.07) is 9.63. The minimum Gasteiger partial charge on any atom is -0.128 e. The van der Waals surface area contributed by atoms with Gasteiger partial charge in [-0.05, 0) is 12.1 Å². The van der Waals surface area contributed by atoms with Crippen LogP contribution in [0.25, 0.3) is 0 Å². The van der Waals surface area contributed by atoms with Crippen LogP contribution in [0.15, 0.2) is 35.2 Å². The highest BCUT2D eigenvalue weighted by molar-refractivity contribution is 7.92. The summed E-state index contributed by atoms with van der Waals surface area (Å²) in [5.74, 6) is 0. The zero-order chi connectivity index (χ0) is 6.69. The Kier molecular flexibility index (Phi) is 2.10. The first kappa shape index (κ1) is 6.61. The molecule has 0 radical (unpaired) electrons. The third kappa shape index (κ3) is 1.71. The van der Waals surface area contributed by atoms with Gasteiger partial charge < -0.3 is 0 Å². The fraction of sp³-hybridized carbons (Fsp3) is 0. The van der Waals surface area contributed by atoms with Crippen LogP contribution in [-0.4, -0.2) is 0 Å². The van der Waals surface area contributed by atoms with Crippen molar-refractivity contribution in [1.82, 2.24) is 0 Å². The van der Waals surface area contributed by atoms with E-state index in [1.165, 1.54) is 0 Å². The minimum atomic E-state index is -0.579. The maximum absolute atomic E-state index is 5.42. The third-order valence-corrected chi connectivity index (χ3v) is 1.83. The van der Waals surface area contributed by atoms with Crippen molar-refractivity contribution in [1.29, 1.82) is 0 Å². The first-order valence-electron chi connectivity index (χ1n) is 2.59. The molecule has 1 aromatic rings. The van der Waals surface area contributed by atoms with E-state index in [-0.39, 0.29) is 0 Å². The zero-order valence-corrected chi connectivity index (χ0v) is 5.77. The van der Waals surface area contributed by atoms with E-state index in [9.17, 15) is 0 Å². The maximum Gasteiger partial charge on any atom is 0.197 e. The van der Waals surface area contributed by atoms with Crippen LogP contribution >= 0.6 is 0 Å². The second-order valence-electron chi connectivity index (χ2n) is 1.68. The highest BCUT2D eigenvalue weighted by Crippen LogP contribution is 2.01. The summed E-state index contributed by atoms with van der Waals surface area (Å²) >= 11 is -0.579. The Hall–Kier alpha value is -0.510. The Morgan fingerprint density at radius 1 is 1.00 bits per heavy atom. The molecule has 2 nitrogen and oxygen atoms in total. The van der Waals surface area contributed by atoms with Crippen LogP contribution in [0.1, 0.15) is 0 Å². The standard InChI is InChI=1S/C6H8N2S/c7-9(8)6-4-2-1-3-5-6/h1-5H,(H3,7,8)/p+1. The molecule has 1 rings (SSSR count). The Morgan fingerprint density at radius 2 is 1.56 bits per heavy atom. The summed E-state index contributed by atoms with van der Waals surface area (Å²) in [6.07, 6.45) is 0. The lowest BCUT2D eigenvalue weighted by molar-refractivity contribution is 1.43. The van der Waals surface area contributed by atoms with Gasteiger partial charge in [-0.25, -0.2) is 0 Å². The van der Waals surface area contributed by atoms with Gasteiger partial charge in [0.15, 0.2) is 16.2 Å². The van der Waals surface area contributed by atoms with E-state index < -0.39 is 11.3 Å². The highest BCUT2D eigenvalue weighted by Gasteiger charge is 2.07. The average molecular weight is 141 g/mol. The number of hydrogen-bond acceptors (Lipinski definition) is 2. The van der Waals surface area contributed by atoms with Gasteiger partial charge in [0.05, 0.1) is 0 Å². The first-order chi connectivity index (χ1) is 4.30. The largest absolute Gasteiger partial charge is 0.197 e. The fourth-order valence-corrected chi connectivity index (χ4v) is 1.05. The Labute approximate surface area is 57.5 Å². The molecular formula is C6H9N2S+. The molecule has 4 N–H and O–H groups in total. The van der Waals surface area contributed by atoms with Crippen molar-refractivity contribution >= 4 is 11.3 Å². The van der Waals surface area contributed by atoms with Crippen molar-refractivity contribution in [3.05, 3.63) is 30.3 Å². The molecule has 0 bridgehead atoms. The van der Waals surface area contributed by atoms with E-state index in [1.54, 1.807) is 0 Å². The van der Waals surface area contributed by atoms with E-state index in [1.807, 2.05) is 30.3 Å². The van der Waals surface area contributed by atoms with Crippen molar-refractivity contribution in [2.45, 2.75) is 4.90 Å². The van der Waals surface area contributed by atoms with E-state index in [0.717, 1.165) is 4.90 Å². The van der Waals surface area contributed by atoms with Crippen molar-refractivity contribution in [2.75, 3.05) is 0 Å². The number of nitrogens with two attached hydrogens (primary N) is 2. The van der Waals surface area contributed by atoms with Gasteiger partial charge in [-0.3, -0.25) is 0 Å². The molecule has 0 saturated heterocycles. The van der Waals surface area contributed by atoms with Gasteiger partial charge in [0.2, 0.25) is 0 Å². The lowest BCUT2D eigenvalue weighted by atomic mass is 10.4. The van der Waals surface area contributed by atoms with Crippen molar-refractivity contribution in [3.63, 3.8) is 0 Å². The highest BCUT2D eigenvalue weighted by atomic mass is 32.2. The van der Waals surface area contributed by atoms with Gasteiger partial charge in [-0.2, -0.15) is 0 Å². The van der Waals surface area contributed by atoms with Gasteiger partial charge in [-0.15, -0.1) is 10.3 Å². The molecule has 0 aliphatic heterocycles. The van der Waals surface area contributed by atoms with Gasteiger partial charge in [0.25, 0.3) is 0 Å². The molecule has 0 aliphatic rings. The summed E-state index contributed by atoms with van der Waals surface area (Å²) in [6.45, 7) is 0. The summed E-state index contributed by atoms with van der Waals surface area (Å²) in [4.78, 5) is 0.998. The lowest BCUT2D eigenvalue weighted by Gasteiger charge is -1.89. The smallest absolute Gasteiger partial charge is 0.128 e. The zero-order valence-electron chi connectivity index (χ0n) is 4.95. The predicted molar refractivity (Wildman–Crippen MR) is 40.4 cm³/mol. The molecule has 0 saturated carbocycles. The summed E-state index contributed by atoms with van der Waals surface area (Å²) in [5.41, 5.74) is 0. The molecule has 1 aromatic carbocycles. The minimum absolute atomic E-state index is 0.579. The molecule has 0 atom stereocenters. The van der Waals surface area contributed by atoms with Crippen molar-refractivity contribution in [2.24, 2.45) is 10.3 Å². The molecule has 0 heterocycles. The van der Waals surface area contributed by atoms with E-state index in [0.29, 0.717) is 0 Å². The van der Waals surface area contributed by atoms with Gasteiger partial charge in [0.1, 0.15) is 0 Å². The number of benzene rings is 1. The molecule has 0 fully saturated rings. The molecule has 3 heteroatoms. The topological polar surface area (TPSA) is 52.0 Å². The molecule has 0 aliphatic carbocycles. The van der Waals surface area contributed by atoms with Gasteiger partial charge in [0, 0.05) is 0 Å². The number of hydrogen-bond donors (Lipinski definition) is 2. The van der Waals surface area contributed by atoms with Crippen LogP contribution in [0.4, 0.5) is 0 Å². The molecule has 0 spiro atoms. The first-order valence-corrected chi connectivity index (χ1v) is 3.94. The van der Waals surface area contributed by atoms with Crippen molar-refractivity contribution < 1.29 is 0 Å². The van der Waals surface area contributed by atoms with E-state index in [2.05, 4.69) is 0 Å². The summed E-state index contributed by atoms with van der Waals surface area (Å²) < 4.78 is 0. The molecule has 0 unspecified atom stereocenters. The van der Waals surface area contributed by atoms with Crippen LogP contribution in [0.2, 0.25) is 0 Å². The predicted octanol–water partition coefficient (Wildman–Crippen LogP) is 0.411. The van der Waals surface area contributed by atoms with Gasteiger partial charge >= 0.3 is 0 Å². The van der Waals surface area contributed by atoms with E-state index in [4.69, 9.17) is 10.3 Å². The van der Waals surface area contributed by atoms with Crippen LogP contribution in [0.5, 0.6) is 0 Å². The van der Waals surface area contributed by atoms with Crippen LogP contribution in [0.3, 0.4) is 0 Å². The Bertz CT molecular complexity index is 174. The second-order valence-corrected chi connectivity index (χ2v) is 2.90. The van der Waals surface area contributed by atoms with Gasteiger partial charge in [-0.1, -0.05) is 18.2 Å². The Morgan fingerprint density at radius 3 is 1.89 bits per heavy atom. The molecule has 0 aromatic heterocycles. The SMILES string of the molecule is N[S+](N)c1ccccc1. The third-order valence-electron chi connectivity index (χ3n) is 1.02. The number of rotatable bonds is 1. The van der Waals surface area contributed by atoms with Crippen LogP contribution < -0.4 is 10.3 Å². The fourth-order valence-electron chi connectivity index (χ4n) is 0.578. The monoisotopic (exact) mass is 141 g/mol. The lowest BCUT2D eigenvalue weighted by Crippen LogP contribution is -2.23. The summed E-state index contributed by atoms with van der Waals surface area (Å²) in [5, 5.41) is 10.8. The Balaban J connectivity index is 2.85. The average Bonchev–Trinajstić information content (AvgIpc) is 1.90. The normalized spacial score (nSPS) is 10.1. The molecule has 48 valence electrons. The van der Waals surface area contributed by atoms with Crippen LogP contribution in [-0.2, 0) is 11.3 Å². The molecule has 0 amide bonds. The maximum atomic E-state index is 5.42. The summed E-state index contributed by atoms with van der Waals surface area (Å²) in [7, 11) is 0. The van der Waals surface area contributed by atoms with E-state index >= 15 is 0 Å². The van der Waals surface area contributed by atoms with Crippen molar-refractivity contribution in [3.8, 4) is 0 Å². The molecule has 9 heavy (non-hydrogen) atoms. The van der Waals surface area contributed by atoms with Crippen LogP contribution in [0, 0.1) is 0 Å². The second kappa shape index (κ2) is 2.87. The quantitative estimate of drug-likeness (QED) is 0.557.